The number of hydrogen-bond donors (Lipinski definition) is 3. The van der Waals surface area contributed by atoms with Gasteiger partial charge >= 0.3 is 0 Å². The molecule has 0 saturated carbocycles. The molecular formula is C21H20ClN5O. The molecule has 3 aromatic rings. The first-order valence-electron chi connectivity index (χ1n) is 8.56. The van der Waals surface area contributed by atoms with Crippen molar-refractivity contribution in [2.45, 2.75) is 19.4 Å². The van der Waals surface area contributed by atoms with Crippen LogP contribution in [0.1, 0.15) is 19.4 Å². The van der Waals surface area contributed by atoms with Crippen molar-refractivity contribution in [3.63, 3.8) is 0 Å². The van der Waals surface area contributed by atoms with Gasteiger partial charge < -0.3 is 10.0 Å². The van der Waals surface area contributed by atoms with Crippen molar-refractivity contribution in [1.29, 1.82) is 10.8 Å². The van der Waals surface area contributed by atoms with E-state index < -0.39 is 5.60 Å². The second-order valence-electron chi connectivity index (χ2n) is 6.84. The average molecular weight is 394 g/mol. The minimum Gasteiger partial charge on any atom is -0.378 e. The van der Waals surface area contributed by atoms with Gasteiger partial charge in [-0.3, -0.25) is 15.4 Å². The Morgan fingerprint density at radius 3 is 2.68 bits per heavy atom. The largest absolute Gasteiger partial charge is 0.378 e. The van der Waals surface area contributed by atoms with E-state index in [2.05, 4.69) is 16.8 Å². The molecule has 0 saturated heterocycles. The first kappa shape index (κ1) is 19.6. The van der Waals surface area contributed by atoms with Crippen molar-refractivity contribution in [3.8, 4) is 11.8 Å². The van der Waals surface area contributed by atoms with E-state index >= 15 is 0 Å². The summed E-state index contributed by atoms with van der Waals surface area (Å²) in [5, 5.41) is 26.9. The monoisotopic (exact) mass is 393 g/mol. The van der Waals surface area contributed by atoms with Crippen LogP contribution in [0.5, 0.6) is 0 Å². The molecule has 0 atom stereocenters. The number of benzene rings is 2. The van der Waals surface area contributed by atoms with Gasteiger partial charge in [0.05, 0.1) is 11.9 Å². The maximum atomic E-state index is 9.81. The van der Waals surface area contributed by atoms with Crippen LogP contribution in [0, 0.1) is 22.7 Å². The van der Waals surface area contributed by atoms with Crippen LogP contribution in [-0.4, -0.2) is 33.6 Å². The maximum Gasteiger partial charge on any atom is 0.229 e. The zero-order chi connectivity index (χ0) is 20.5. The summed E-state index contributed by atoms with van der Waals surface area (Å²) in [5.74, 6) is 6.34. The van der Waals surface area contributed by atoms with Crippen LogP contribution >= 0.6 is 11.6 Å². The summed E-state index contributed by atoms with van der Waals surface area (Å²) < 4.78 is 1.36. The molecule has 0 amide bonds. The lowest BCUT2D eigenvalue weighted by atomic mass is 10.1. The SMILES string of the molecule is CN(c1cccc(C#CC(C)(C)O)c1)c1nc(=N)n(C=N)c2cc(Cl)ccc12. The molecule has 28 heavy (non-hydrogen) atoms. The third kappa shape index (κ3) is 4.06. The summed E-state index contributed by atoms with van der Waals surface area (Å²) in [6, 6.07) is 12.8. The van der Waals surface area contributed by atoms with Gasteiger partial charge in [-0.2, -0.15) is 4.98 Å². The molecule has 0 fully saturated rings. The molecule has 0 aliphatic rings. The average Bonchev–Trinajstić information content (AvgIpc) is 2.65. The summed E-state index contributed by atoms with van der Waals surface area (Å²) >= 11 is 6.12. The fraction of sp³-hybridized carbons (Fsp3) is 0.190. The third-order valence-electron chi connectivity index (χ3n) is 4.09. The lowest BCUT2D eigenvalue weighted by molar-refractivity contribution is 0.143. The molecular weight excluding hydrogens is 374 g/mol. The molecule has 3 rings (SSSR count). The predicted octanol–water partition coefficient (Wildman–Crippen LogP) is 3.51. The maximum absolute atomic E-state index is 9.81. The second-order valence-corrected chi connectivity index (χ2v) is 7.27. The quantitative estimate of drug-likeness (QED) is 0.361. The van der Waals surface area contributed by atoms with Crippen LogP contribution in [0.2, 0.25) is 5.02 Å². The van der Waals surface area contributed by atoms with Crippen LogP contribution in [0.25, 0.3) is 10.9 Å². The molecule has 1 aromatic heterocycles. The number of hydrogen-bond acceptors (Lipinski definition) is 5. The van der Waals surface area contributed by atoms with E-state index in [1.54, 1.807) is 26.0 Å². The normalized spacial score (nSPS) is 11.0. The number of anilines is 2. The lowest BCUT2D eigenvalue weighted by Crippen LogP contribution is -2.26. The number of nitrogens with zero attached hydrogens (tertiary/aromatic N) is 3. The molecule has 0 bridgehead atoms. The summed E-state index contributed by atoms with van der Waals surface area (Å²) in [5.41, 5.74) is 1.08. The van der Waals surface area contributed by atoms with Gasteiger partial charge in [0.25, 0.3) is 0 Å². The van der Waals surface area contributed by atoms with Gasteiger partial charge in [-0.1, -0.05) is 29.5 Å². The molecule has 7 heteroatoms. The molecule has 142 valence electrons. The highest BCUT2D eigenvalue weighted by Gasteiger charge is 2.14. The molecule has 2 aromatic carbocycles. The standard InChI is InChI=1S/C21H20ClN5O/c1-21(2,28)10-9-14-5-4-6-16(11-14)26(3)19-17-8-7-15(22)12-18(17)27(13-23)20(24)25-19/h4-8,11-13,23-24,28H,1-3H3. The van der Waals surface area contributed by atoms with E-state index in [0.717, 1.165) is 23.0 Å². The van der Waals surface area contributed by atoms with Gasteiger partial charge in [-0.15, -0.1) is 0 Å². The Hall–Kier alpha value is -3.14. The Morgan fingerprint density at radius 2 is 2.00 bits per heavy atom. The fourth-order valence-electron chi connectivity index (χ4n) is 2.75. The highest BCUT2D eigenvalue weighted by molar-refractivity contribution is 6.31. The van der Waals surface area contributed by atoms with Gasteiger partial charge in [0.15, 0.2) is 0 Å². The van der Waals surface area contributed by atoms with E-state index in [9.17, 15) is 5.11 Å². The first-order valence-corrected chi connectivity index (χ1v) is 8.94. The fourth-order valence-corrected chi connectivity index (χ4v) is 2.91. The Labute approximate surface area is 168 Å². The van der Waals surface area contributed by atoms with Crippen molar-refractivity contribution in [2.75, 3.05) is 11.9 Å². The second kappa shape index (κ2) is 7.47. The lowest BCUT2D eigenvalue weighted by Gasteiger charge is -2.21. The van der Waals surface area contributed by atoms with Crippen LogP contribution in [-0.2, 0) is 0 Å². The highest BCUT2D eigenvalue weighted by Crippen LogP contribution is 2.29. The van der Waals surface area contributed by atoms with Gasteiger partial charge in [0.1, 0.15) is 11.4 Å². The number of nitrogens with one attached hydrogen (secondary N) is 2. The zero-order valence-corrected chi connectivity index (χ0v) is 16.5. The third-order valence-corrected chi connectivity index (χ3v) is 4.33. The van der Waals surface area contributed by atoms with Crippen molar-refractivity contribution in [2.24, 2.45) is 0 Å². The molecule has 0 aliphatic carbocycles. The molecule has 0 spiro atoms. The summed E-state index contributed by atoms with van der Waals surface area (Å²) in [6.07, 6.45) is 1.05. The summed E-state index contributed by atoms with van der Waals surface area (Å²) in [6.45, 7) is 3.27. The van der Waals surface area contributed by atoms with Crippen LogP contribution in [0.3, 0.4) is 0 Å². The Morgan fingerprint density at radius 1 is 1.25 bits per heavy atom. The topological polar surface area (TPSA) is 89.0 Å². The minimum atomic E-state index is -1.07. The highest BCUT2D eigenvalue weighted by atomic mass is 35.5. The molecule has 0 aliphatic heterocycles. The van der Waals surface area contributed by atoms with Crippen molar-refractivity contribution >= 4 is 40.3 Å². The van der Waals surface area contributed by atoms with Crippen molar-refractivity contribution in [1.82, 2.24) is 9.55 Å². The number of aromatic nitrogens is 2. The molecule has 0 radical (unpaired) electrons. The van der Waals surface area contributed by atoms with E-state index in [1.807, 2.05) is 42.3 Å². The molecule has 0 unspecified atom stereocenters. The Bertz CT molecular complexity index is 1180. The van der Waals surface area contributed by atoms with Crippen molar-refractivity contribution in [3.05, 3.63) is 58.7 Å². The summed E-state index contributed by atoms with van der Waals surface area (Å²) in [4.78, 5) is 6.24. The van der Waals surface area contributed by atoms with Crippen molar-refractivity contribution < 1.29 is 5.11 Å². The summed E-state index contributed by atoms with van der Waals surface area (Å²) in [7, 11) is 1.85. The predicted molar refractivity (Wildman–Crippen MR) is 112 cm³/mol. The van der Waals surface area contributed by atoms with Gasteiger partial charge in [0, 0.05) is 28.7 Å². The van der Waals surface area contributed by atoms with Crippen LogP contribution in [0.15, 0.2) is 42.5 Å². The number of halogens is 1. The van der Waals surface area contributed by atoms with Gasteiger partial charge in [0.2, 0.25) is 5.62 Å². The first-order chi connectivity index (χ1) is 13.2. The molecule has 3 N–H and O–H groups in total. The van der Waals surface area contributed by atoms with Gasteiger partial charge in [-0.25, -0.2) is 0 Å². The van der Waals surface area contributed by atoms with E-state index in [1.165, 1.54) is 4.57 Å². The molecule has 1 heterocycles. The number of rotatable bonds is 3. The Balaban J connectivity index is 2.14. The number of fused-ring (bicyclic) bond motifs is 1. The van der Waals surface area contributed by atoms with E-state index in [4.69, 9.17) is 22.4 Å². The minimum absolute atomic E-state index is 0.0652. The van der Waals surface area contributed by atoms with E-state index in [0.29, 0.717) is 16.4 Å². The van der Waals surface area contributed by atoms with Crippen LogP contribution in [0.4, 0.5) is 11.5 Å². The van der Waals surface area contributed by atoms with Gasteiger partial charge in [-0.05, 0) is 50.2 Å². The zero-order valence-electron chi connectivity index (χ0n) is 15.8. The van der Waals surface area contributed by atoms with E-state index in [-0.39, 0.29) is 5.62 Å². The number of aliphatic hydroxyl groups is 1. The Kier molecular flexibility index (Phi) is 5.23. The van der Waals surface area contributed by atoms with Crippen LogP contribution < -0.4 is 10.5 Å². The molecule has 6 nitrogen and oxygen atoms in total. The smallest absolute Gasteiger partial charge is 0.229 e.